The van der Waals surface area contributed by atoms with E-state index < -0.39 is 0 Å². The Hall–Kier alpha value is -1.68. The molecule has 94 valence electrons. The van der Waals surface area contributed by atoms with Gasteiger partial charge in [-0.15, -0.1) is 0 Å². The Balaban J connectivity index is 2.65. The van der Waals surface area contributed by atoms with E-state index >= 15 is 0 Å². The van der Waals surface area contributed by atoms with Crippen molar-refractivity contribution in [1.29, 1.82) is 0 Å². The highest BCUT2D eigenvalue weighted by Gasteiger charge is 1.97. The number of allylic oxidation sites excluding steroid dienone is 1. The summed E-state index contributed by atoms with van der Waals surface area (Å²) >= 11 is 1.28. The van der Waals surface area contributed by atoms with Gasteiger partial charge in [-0.25, -0.2) is 0 Å². The molecule has 0 N–H and O–H groups in total. The summed E-state index contributed by atoms with van der Waals surface area (Å²) in [6.45, 7) is 1.54. The molecule has 0 saturated carbocycles. The van der Waals surface area contributed by atoms with E-state index in [0.29, 0.717) is 11.1 Å². The Bertz CT molecular complexity index is 452. The highest BCUT2D eigenvalue weighted by Crippen LogP contribution is 2.11. The van der Waals surface area contributed by atoms with Gasteiger partial charge in [0.25, 0.3) is 0 Å². The summed E-state index contributed by atoms with van der Waals surface area (Å²) < 4.78 is 0. The molecular weight excluding hydrogens is 248 g/mol. The first-order valence-corrected chi connectivity index (χ1v) is 6.49. The predicted molar refractivity (Wildman–Crippen MR) is 74.0 cm³/mol. The number of rotatable bonds is 6. The minimum absolute atomic E-state index is 0.106. The van der Waals surface area contributed by atoms with Crippen LogP contribution < -0.4 is 0 Å². The summed E-state index contributed by atoms with van der Waals surface area (Å²) in [7, 11) is 0. The largest absolute Gasteiger partial charge is 0.298 e. The van der Waals surface area contributed by atoms with Crippen molar-refractivity contribution < 1.29 is 14.4 Å². The number of benzene rings is 1. The van der Waals surface area contributed by atoms with Gasteiger partial charge in [-0.1, -0.05) is 23.9 Å². The summed E-state index contributed by atoms with van der Waals surface area (Å²) in [4.78, 5) is 32.1. The highest BCUT2D eigenvalue weighted by atomic mass is 32.2. The molecule has 0 aliphatic heterocycles. The first-order chi connectivity index (χ1) is 8.65. The van der Waals surface area contributed by atoms with E-state index in [1.807, 2.05) is 12.2 Å². The van der Waals surface area contributed by atoms with E-state index in [1.165, 1.54) is 18.7 Å². The first-order valence-electron chi connectivity index (χ1n) is 5.51. The Labute approximate surface area is 110 Å². The summed E-state index contributed by atoms with van der Waals surface area (Å²) in [5.74, 6) is 0.736. The first kappa shape index (κ1) is 14.4. The normalized spacial score (nSPS) is 10.5. The Morgan fingerprint density at radius 2 is 1.67 bits per heavy atom. The molecule has 0 atom stereocenters. The summed E-state index contributed by atoms with van der Waals surface area (Å²) in [5, 5.41) is 0.106. The molecule has 0 unspecified atom stereocenters. The lowest BCUT2D eigenvalue weighted by molar-refractivity contribution is -0.109. The van der Waals surface area contributed by atoms with Gasteiger partial charge in [0.05, 0.1) is 0 Å². The molecule has 1 aromatic rings. The van der Waals surface area contributed by atoms with E-state index in [4.69, 9.17) is 0 Å². The zero-order valence-corrected chi connectivity index (χ0v) is 10.9. The molecule has 1 aromatic carbocycles. The second kappa shape index (κ2) is 7.61. The number of thioether (sulfide) groups is 1. The summed E-state index contributed by atoms with van der Waals surface area (Å²) in [5.41, 5.74) is 1.78. The Morgan fingerprint density at radius 3 is 2.17 bits per heavy atom. The smallest absolute Gasteiger partial charge is 0.185 e. The second-order valence-corrected chi connectivity index (χ2v) is 4.97. The van der Waals surface area contributed by atoms with Gasteiger partial charge >= 0.3 is 0 Å². The van der Waals surface area contributed by atoms with Gasteiger partial charge in [0.15, 0.2) is 5.12 Å². The van der Waals surface area contributed by atoms with E-state index in [-0.39, 0.29) is 5.12 Å². The average Bonchev–Trinajstić information content (AvgIpc) is 2.37. The maximum atomic E-state index is 10.7. The van der Waals surface area contributed by atoms with Crippen molar-refractivity contribution >= 4 is 35.5 Å². The van der Waals surface area contributed by atoms with Crippen LogP contribution in [-0.2, 0) is 4.79 Å². The molecule has 0 bridgehead atoms. The molecule has 0 fully saturated rings. The molecule has 0 radical (unpaired) electrons. The minimum atomic E-state index is 0.106. The molecular formula is C14H14O3S. The van der Waals surface area contributed by atoms with E-state index in [0.717, 1.165) is 30.3 Å². The van der Waals surface area contributed by atoms with Crippen LogP contribution in [0.1, 0.15) is 39.6 Å². The van der Waals surface area contributed by atoms with Crippen LogP contribution in [0.2, 0.25) is 0 Å². The number of aldehydes is 2. The van der Waals surface area contributed by atoms with E-state index in [1.54, 1.807) is 18.2 Å². The monoisotopic (exact) mass is 262 g/mol. The number of hydrogen-bond donors (Lipinski definition) is 0. The third kappa shape index (κ3) is 5.10. The second-order valence-electron chi connectivity index (χ2n) is 3.70. The van der Waals surface area contributed by atoms with Crippen molar-refractivity contribution in [2.45, 2.75) is 13.3 Å². The van der Waals surface area contributed by atoms with Crippen molar-refractivity contribution in [1.82, 2.24) is 0 Å². The zero-order valence-electron chi connectivity index (χ0n) is 10.1. The number of carbonyl (C=O) groups is 3. The molecule has 0 aliphatic carbocycles. The molecule has 0 aromatic heterocycles. The SMILES string of the molecule is CC(=O)SCCC=Cc1cc(C=O)cc(C=O)c1. The lowest BCUT2D eigenvalue weighted by Gasteiger charge is -1.98. The van der Waals surface area contributed by atoms with Gasteiger partial charge in [-0.3, -0.25) is 14.4 Å². The predicted octanol–water partition coefficient (Wildman–Crippen LogP) is 2.99. The van der Waals surface area contributed by atoms with Crippen LogP contribution in [0, 0.1) is 0 Å². The quantitative estimate of drug-likeness (QED) is 0.584. The van der Waals surface area contributed by atoms with Gasteiger partial charge in [-0.05, 0) is 30.2 Å². The molecule has 4 heteroatoms. The van der Waals surface area contributed by atoms with Crippen LogP contribution in [0.3, 0.4) is 0 Å². The molecule has 0 aliphatic rings. The minimum Gasteiger partial charge on any atom is -0.298 e. The third-order valence-electron chi connectivity index (χ3n) is 2.17. The van der Waals surface area contributed by atoms with Gasteiger partial charge in [0.1, 0.15) is 12.6 Å². The van der Waals surface area contributed by atoms with Crippen LogP contribution in [0.4, 0.5) is 0 Å². The maximum Gasteiger partial charge on any atom is 0.185 e. The zero-order chi connectivity index (χ0) is 13.4. The summed E-state index contributed by atoms with van der Waals surface area (Å²) in [6.07, 6.45) is 5.98. The number of carbonyl (C=O) groups excluding carboxylic acids is 3. The molecule has 0 spiro atoms. The molecule has 0 heterocycles. The van der Waals surface area contributed by atoms with Crippen LogP contribution >= 0.6 is 11.8 Å². The third-order valence-corrected chi connectivity index (χ3v) is 3.02. The van der Waals surface area contributed by atoms with Crippen molar-refractivity contribution in [3.63, 3.8) is 0 Å². The fraction of sp³-hybridized carbons (Fsp3) is 0.214. The van der Waals surface area contributed by atoms with Crippen LogP contribution in [0.25, 0.3) is 6.08 Å². The molecule has 0 saturated heterocycles. The van der Waals surface area contributed by atoms with Crippen molar-refractivity contribution in [2.24, 2.45) is 0 Å². The lowest BCUT2D eigenvalue weighted by atomic mass is 10.1. The fourth-order valence-electron chi connectivity index (χ4n) is 1.42. The van der Waals surface area contributed by atoms with E-state index in [9.17, 15) is 14.4 Å². The molecule has 3 nitrogen and oxygen atoms in total. The van der Waals surface area contributed by atoms with Crippen molar-refractivity contribution in [3.05, 3.63) is 41.0 Å². The van der Waals surface area contributed by atoms with Crippen LogP contribution in [0.5, 0.6) is 0 Å². The van der Waals surface area contributed by atoms with Gasteiger partial charge in [-0.2, -0.15) is 0 Å². The Kier molecular flexibility index (Phi) is 6.08. The summed E-state index contributed by atoms with van der Waals surface area (Å²) in [6, 6.07) is 4.98. The molecule has 1 rings (SSSR count). The number of hydrogen-bond acceptors (Lipinski definition) is 4. The van der Waals surface area contributed by atoms with Crippen molar-refractivity contribution in [3.8, 4) is 0 Å². The van der Waals surface area contributed by atoms with Crippen LogP contribution in [0.15, 0.2) is 24.3 Å². The lowest BCUT2D eigenvalue weighted by Crippen LogP contribution is -1.88. The van der Waals surface area contributed by atoms with Gasteiger partial charge in [0.2, 0.25) is 0 Å². The fourth-order valence-corrected chi connectivity index (χ4v) is 1.97. The van der Waals surface area contributed by atoms with E-state index in [2.05, 4.69) is 0 Å². The standard InChI is InChI=1S/C14H14O3S/c1-11(17)18-5-3-2-4-12-6-13(9-15)8-14(7-12)10-16/h2,4,6-10H,3,5H2,1H3. The van der Waals surface area contributed by atoms with Crippen LogP contribution in [-0.4, -0.2) is 23.4 Å². The topological polar surface area (TPSA) is 51.2 Å². The molecule has 0 amide bonds. The van der Waals surface area contributed by atoms with Gasteiger partial charge in [0, 0.05) is 23.8 Å². The van der Waals surface area contributed by atoms with Crippen molar-refractivity contribution in [2.75, 3.05) is 5.75 Å². The molecule has 18 heavy (non-hydrogen) atoms. The van der Waals surface area contributed by atoms with Gasteiger partial charge < -0.3 is 0 Å². The average molecular weight is 262 g/mol. The maximum absolute atomic E-state index is 10.7. The highest BCUT2D eigenvalue weighted by molar-refractivity contribution is 8.13. The Morgan fingerprint density at radius 1 is 1.11 bits per heavy atom.